The first kappa shape index (κ1) is 12.6. The van der Waals surface area contributed by atoms with E-state index in [1.807, 2.05) is 6.07 Å². The summed E-state index contributed by atoms with van der Waals surface area (Å²) in [5.74, 6) is 0.658. The molecule has 0 saturated carbocycles. The second-order valence-electron chi connectivity index (χ2n) is 3.77. The van der Waals surface area contributed by atoms with Gasteiger partial charge in [-0.3, -0.25) is 14.5 Å². The number of hydrogen-bond donors (Lipinski definition) is 0. The smallest absolute Gasteiger partial charge is 0.229 e. The standard InChI is InChI=1S/C11H11BrN2O2S/c1-7(15)17-9-5-11(16)14(6-9)10-4-8(12)2-3-13-10/h2-4,9H,5-6H2,1H3. The maximum Gasteiger partial charge on any atom is 0.229 e. The Morgan fingerprint density at radius 2 is 2.41 bits per heavy atom. The van der Waals surface area contributed by atoms with Crippen LogP contribution < -0.4 is 4.90 Å². The zero-order valence-electron chi connectivity index (χ0n) is 9.22. The molecule has 0 spiro atoms. The number of rotatable bonds is 2. The lowest BCUT2D eigenvalue weighted by molar-refractivity contribution is -0.117. The van der Waals surface area contributed by atoms with Crippen molar-refractivity contribution in [2.45, 2.75) is 18.6 Å². The highest BCUT2D eigenvalue weighted by Crippen LogP contribution is 2.28. The Morgan fingerprint density at radius 3 is 3.06 bits per heavy atom. The van der Waals surface area contributed by atoms with Gasteiger partial charge in [0.2, 0.25) is 5.91 Å². The summed E-state index contributed by atoms with van der Waals surface area (Å²) in [7, 11) is 0. The number of amides is 1. The summed E-state index contributed by atoms with van der Waals surface area (Å²) in [5.41, 5.74) is 0. The van der Waals surface area contributed by atoms with Crippen LogP contribution in [0.15, 0.2) is 22.8 Å². The molecule has 2 rings (SSSR count). The van der Waals surface area contributed by atoms with E-state index >= 15 is 0 Å². The van der Waals surface area contributed by atoms with Gasteiger partial charge in [0.25, 0.3) is 0 Å². The van der Waals surface area contributed by atoms with E-state index < -0.39 is 0 Å². The van der Waals surface area contributed by atoms with Crippen LogP contribution in [0.4, 0.5) is 5.82 Å². The fourth-order valence-corrected chi connectivity index (χ4v) is 2.99. The molecule has 1 aromatic heterocycles. The van der Waals surface area contributed by atoms with Crippen LogP contribution in [-0.4, -0.2) is 27.8 Å². The fraction of sp³-hybridized carbons (Fsp3) is 0.364. The molecule has 1 atom stereocenters. The van der Waals surface area contributed by atoms with Crippen molar-refractivity contribution in [3.8, 4) is 0 Å². The largest absolute Gasteiger partial charge is 0.296 e. The Bertz CT molecular complexity index is 467. The topological polar surface area (TPSA) is 50.3 Å². The number of aromatic nitrogens is 1. The molecule has 1 amide bonds. The second-order valence-corrected chi connectivity index (χ2v) is 6.17. The van der Waals surface area contributed by atoms with Crippen LogP contribution in [0.3, 0.4) is 0 Å². The Kier molecular flexibility index (Phi) is 3.83. The minimum absolute atomic E-state index is 0.0225. The summed E-state index contributed by atoms with van der Waals surface area (Å²) >= 11 is 4.57. The van der Waals surface area contributed by atoms with Crippen molar-refractivity contribution < 1.29 is 9.59 Å². The molecule has 90 valence electrons. The van der Waals surface area contributed by atoms with Gasteiger partial charge in [-0.2, -0.15) is 0 Å². The molecule has 17 heavy (non-hydrogen) atoms. The molecule has 0 aliphatic carbocycles. The van der Waals surface area contributed by atoms with E-state index in [9.17, 15) is 9.59 Å². The molecule has 0 bridgehead atoms. The summed E-state index contributed by atoms with van der Waals surface area (Å²) in [6.45, 7) is 2.07. The van der Waals surface area contributed by atoms with Crippen molar-refractivity contribution >= 4 is 44.5 Å². The van der Waals surface area contributed by atoms with Crippen molar-refractivity contribution in [1.29, 1.82) is 0 Å². The molecule has 1 unspecified atom stereocenters. The van der Waals surface area contributed by atoms with Crippen LogP contribution in [0.25, 0.3) is 0 Å². The highest BCUT2D eigenvalue weighted by molar-refractivity contribution is 9.10. The second kappa shape index (κ2) is 5.18. The number of nitrogens with zero attached hydrogens (tertiary/aromatic N) is 2. The lowest BCUT2D eigenvalue weighted by Crippen LogP contribution is -2.25. The Hall–Kier alpha value is -0.880. The lowest BCUT2D eigenvalue weighted by atomic mass is 10.4. The van der Waals surface area contributed by atoms with E-state index in [4.69, 9.17) is 0 Å². The summed E-state index contributed by atoms with van der Waals surface area (Å²) < 4.78 is 0.887. The van der Waals surface area contributed by atoms with E-state index in [1.165, 1.54) is 18.7 Å². The van der Waals surface area contributed by atoms with Gasteiger partial charge in [0, 0.05) is 35.8 Å². The zero-order valence-corrected chi connectivity index (χ0v) is 11.6. The van der Waals surface area contributed by atoms with Crippen molar-refractivity contribution in [3.63, 3.8) is 0 Å². The quantitative estimate of drug-likeness (QED) is 0.840. The zero-order chi connectivity index (χ0) is 12.4. The Labute approximate surface area is 112 Å². The Balaban J connectivity index is 2.13. The highest BCUT2D eigenvalue weighted by atomic mass is 79.9. The van der Waals surface area contributed by atoms with Gasteiger partial charge in [-0.05, 0) is 12.1 Å². The predicted molar refractivity (Wildman–Crippen MR) is 71.0 cm³/mol. The maximum atomic E-state index is 11.8. The summed E-state index contributed by atoms with van der Waals surface area (Å²) in [5, 5.41) is 0.0904. The average Bonchev–Trinajstić information content (AvgIpc) is 2.58. The van der Waals surface area contributed by atoms with Crippen molar-refractivity contribution in [2.75, 3.05) is 11.4 Å². The molecule has 0 N–H and O–H groups in total. The third-order valence-electron chi connectivity index (χ3n) is 2.41. The summed E-state index contributed by atoms with van der Waals surface area (Å²) in [4.78, 5) is 28.6. The molecule has 2 heterocycles. The van der Waals surface area contributed by atoms with Crippen molar-refractivity contribution in [1.82, 2.24) is 4.98 Å². The molecular weight excluding hydrogens is 304 g/mol. The van der Waals surface area contributed by atoms with E-state index in [0.717, 1.165) is 4.47 Å². The van der Waals surface area contributed by atoms with Crippen molar-refractivity contribution in [3.05, 3.63) is 22.8 Å². The van der Waals surface area contributed by atoms with Crippen LogP contribution in [0.1, 0.15) is 13.3 Å². The first-order valence-corrected chi connectivity index (χ1v) is 6.82. The first-order valence-electron chi connectivity index (χ1n) is 5.15. The van der Waals surface area contributed by atoms with Gasteiger partial charge in [-0.15, -0.1) is 0 Å². The van der Waals surface area contributed by atoms with Crippen LogP contribution in [0, 0.1) is 0 Å². The number of thioether (sulfide) groups is 1. The lowest BCUT2D eigenvalue weighted by Gasteiger charge is -2.15. The molecule has 4 nitrogen and oxygen atoms in total. The number of halogens is 1. The van der Waals surface area contributed by atoms with Gasteiger partial charge < -0.3 is 0 Å². The highest BCUT2D eigenvalue weighted by Gasteiger charge is 2.32. The van der Waals surface area contributed by atoms with E-state index in [1.54, 1.807) is 17.2 Å². The maximum absolute atomic E-state index is 11.8. The average molecular weight is 315 g/mol. The third kappa shape index (κ3) is 3.07. The molecule has 1 aliphatic heterocycles. The molecule has 1 fully saturated rings. The number of pyridine rings is 1. The fourth-order valence-electron chi connectivity index (χ4n) is 1.75. The minimum Gasteiger partial charge on any atom is -0.296 e. The third-order valence-corrected chi connectivity index (χ3v) is 3.88. The summed E-state index contributed by atoms with van der Waals surface area (Å²) in [6, 6.07) is 3.62. The van der Waals surface area contributed by atoms with Gasteiger partial charge in [0.15, 0.2) is 5.12 Å². The van der Waals surface area contributed by atoms with Crippen LogP contribution in [-0.2, 0) is 9.59 Å². The molecule has 1 aliphatic rings. The van der Waals surface area contributed by atoms with Gasteiger partial charge in [-0.25, -0.2) is 4.98 Å². The number of anilines is 1. The monoisotopic (exact) mass is 314 g/mol. The van der Waals surface area contributed by atoms with Crippen LogP contribution in [0.5, 0.6) is 0 Å². The normalized spacial score (nSPS) is 19.8. The van der Waals surface area contributed by atoms with Crippen LogP contribution in [0.2, 0.25) is 0 Å². The van der Waals surface area contributed by atoms with E-state index in [0.29, 0.717) is 18.8 Å². The molecule has 0 aromatic carbocycles. The van der Waals surface area contributed by atoms with E-state index in [-0.39, 0.29) is 16.3 Å². The predicted octanol–water partition coefficient (Wildman–Crippen LogP) is 2.23. The van der Waals surface area contributed by atoms with Gasteiger partial charge in [0.05, 0.1) is 0 Å². The molecular formula is C11H11BrN2O2S. The molecule has 1 saturated heterocycles. The molecule has 6 heteroatoms. The number of carbonyl (C=O) groups is 2. The van der Waals surface area contributed by atoms with Gasteiger partial charge >= 0.3 is 0 Å². The van der Waals surface area contributed by atoms with Gasteiger partial charge in [0.1, 0.15) is 5.82 Å². The van der Waals surface area contributed by atoms with Crippen molar-refractivity contribution in [2.24, 2.45) is 0 Å². The molecule has 0 radical (unpaired) electrons. The van der Waals surface area contributed by atoms with Crippen LogP contribution >= 0.6 is 27.7 Å². The van der Waals surface area contributed by atoms with E-state index in [2.05, 4.69) is 20.9 Å². The number of carbonyl (C=O) groups excluding carboxylic acids is 2. The Morgan fingerprint density at radius 1 is 1.65 bits per heavy atom. The van der Waals surface area contributed by atoms with Gasteiger partial charge in [-0.1, -0.05) is 27.7 Å². The SMILES string of the molecule is CC(=O)SC1CC(=O)N(c2cc(Br)ccn2)C1. The summed E-state index contributed by atoms with van der Waals surface area (Å²) in [6.07, 6.45) is 2.05. The first-order chi connectivity index (χ1) is 8.06. The molecule has 1 aromatic rings. The minimum atomic E-state index is 0.0225. The number of hydrogen-bond acceptors (Lipinski definition) is 4.